The first-order chi connectivity index (χ1) is 11.3. The molecule has 0 heterocycles. The highest BCUT2D eigenvalue weighted by Crippen LogP contribution is 2.38. The zero-order valence-electron chi connectivity index (χ0n) is 15.5. The summed E-state index contributed by atoms with van der Waals surface area (Å²) in [5.41, 5.74) is 5.46. The largest absolute Gasteiger partial charge is 0.543 e. The second-order valence-electron chi connectivity index (χ2n) is 8.26. The van der Waals surface area contributed by atoms with Crippen LogP contribution in [0.5, 0.6) is 5.75 Å². The summed E-state index contributed by atoms with van der Waals surface area (Å²) < 4.78 is 6.49. The van der Waals surface area contributed by atoms with E-state index in [1.54, 1.807) is 0 Å². The van der Waals surface area contributed by atoms with E-state index in [-0.39, 0.29) is 5.04 Å². The van der Waals surface area contributed by atoms with Crippen molar-refractivity contribution in [2.45, 2.75) is 51.7 Å². The lowest BCUT2D eigenvalue weighted by Gasteiger charge is -2.36. The lowest BCUT2D eigenvalue weighted by molar-refractivity contribution is 0.491. The molecule has 0 amide bonds. The highest BCUT2D eigenvalue weighted by atomic mass is 28.4. The van der Waals surface area contributed by atoms with Crippen LogP contribution >= 0.6 is 0 Å². The van der Waals surface area contributed by atoms with Gasteiger partial charge in [-0.05, 0) is 65.4 Å². The van der Waals surface area contributed by atoms with Crippen molar-refractivity contribution in [2.75, 3.05) is 0 Å². The zero-order valence-corrected chi connectivity index (χ0v) is 16.5. The van der Waals surface area contributed by atoms with E-state index in [1.807, 2.05) is 0 Å². The highest BCUT2D eigenvalue weighted by Gasteiger charge is 2.39. The van der Waals surface area contributed by atoms with E-state index in [0.717, 1.165) is 18.6 Å². The summed E-state index contributed by atoms with van der Waals surface area (Å²) in [7, 11) is -1.79. The third-order valence-corrected chi connectivity index (χ3v) is 9.81. The Morgan fingerprint density at radius 3 is 2.17 bits per heavy atom. The maximum Gasteiger partial charge on any atom is 0.250 e. The monoisotopic (exact) mass is 336 g/mol. The molecule has 24 heavy (non-hydrogen) atoms. The van der Waals surface area contributed by atoms with E-state index in [1.165, 1.54) is 22.3 Å². The van der Waals surface area contributed by atoms with Crippen molar-refractivity contribution in [3.05, 3.63) is 64.7 Å². The first-order valence-corrected chi connectivity index (χ1v) is 11.7. The van der Waals surface area contributed by atoms with Crippen LogP contribution < -0.4 is 4.43 Å². The van der Waals surface area contributed by atoms with Gasteiger partial charge in [0.2, 0.25) is 8.32 Å². The van der Waals surface area contributed by atoms with Crippen LogP contribution in [0.4, 0.5) is 0 Å². The number of rotatable bonds is 2. The first-order valence-electron chi connectivity index (χ1n) is 8.84. The van der Waals surface area contributed by atoms with Crippen molar-refractivity contribution in [3.8, 4) is 5.75 Å². The van der Waals surface area contributed by atoms with Gasteiger partial charge in [0.05, 0.1) is 0 Å². The molecule has 0 aromatic heterocycles. The van der Waals surface area contributed by atoms with Gasteiger partial charge in [-0.2, -0.15) is 0 Å². The molecule has 1 nitrogen and oxygen atoms in total. The van der Waals surface area contributed by atoms with Crippen molar-refractivity contribution >= 4 is 20.5 Å². The van der Waals surface area contributed by atoms with Crippen LogP contribution in [-0.4, -0.2) is 8.32 Å². The van der Waals surface area contributed by atoms with Gasteiger partial charge in [-0.1, -0.05) is 63.3 Å². The lowest BCUT2D eigenvalue weighted by atomic mass is 9.93. The molecular weight excluding hydrogens is 308 g/mol. The minimum Gasteiger partial charge on any atom is -0.543 e. The lowest BCUT2D eigenvalue weighted by Crippen LogP contribution is -2.43. The van der Waals surface area contributed by atoms with Crippen LogP contribution in [0.3, 0.4) is 0 Å². The van der Waals surface area contributed by atoms with E-state index in [2.05, 4.69) is 88.5 Å². The molecule has 2 aromatic carbocycles. The third-order valence-electron chi connectivity index (χ3n) is 5.45. The van der Waals surface area contributed by atoms with Crippen LogP contribution in [0.1, 0.15) is 43.0 Å². The van der Waals surface area contributed by atoms with E-state index < -0.39 is 8.32 Å². The Bertz CT molecular complexity index is 766. The summed E-state index contributed by atoms with van der Waals surface area (Å²) in [4.78, 5) is 0. The van der Waals surface area contributed by atoms with Crippen molar-refractivity contribution in [2.24, 2.45) is 0 Å². The quantitative estimate of drug-likeness (QED) is 0.581. The van der Waals surface area contributed by atoms with Gasteiger partial charge < -0.3 is 4.43 Å². The second-order valence-corrected chi connectivity index (χ2v) is 13.0. The molecule has 126 valence electrons. The number of hydrogen-bond acceptors (Lipinski definition) is 1. The predicted molar refractivity (Wildman–Crippen MR) is 107 cm³/mol. The maximum atomic E-state index is 6.49. The number of hydrogen-bond donors (Lipinski definition) is 0. The Balaban J connectivity index is 1.90. The van der Waals surface area contributed by atoms with Gasteiger partial charge in [-0.3, -0.25) is 0 Å². The van der Waals surface area contributed by atoms with Crippen molar-refractivity contribution in [3.63, 3.8) is 0 Å². The molecule has 0 fully saturated rings. The Hall–Kier alpha value is -1.80. The SMILES string of the molecule is CC(C)(C)[Si](C)(C)Oc1ccc2c(c1)CCc1ccccc1/C=C\2. The van der Waals surface area contributed by atoms with E-state index >= 15 is 0 Å². The molecule has 3 rings (SSSR count). The summed E-state index contributed by atoms with van der Waals surface area (Å²) in [5, 5.41) is 0.218. The molecule has 0 radical (unpaired) electrons. The molecule has 0 saturated carbocycles. The fourth-order valence-electron chi connectivity index (χ4n) is 2.85. The van der Waals surface area contributed by atoms with Crippen LogP contribution in [0, 0.1) is 0 Å². The molecule has 0 atom stereocenters. The highest BCUT2D eigenvalue weighted by molar-refractivity contribution is 6.74. The third kappa shape index (κ3) is 3.49. The molecule has 1 aliphatic carbocycles. The van der Waals surface area contributed by atoms with Gasteiger partial charge in [0.15, 0.2) is 0 Å². The molecule has 0 N–H and O–H groups in total. The fourth-order valence-corrected chi connectivity index (χ4v) is 3.87. The Morgan fingerprint density at radius 1 is 0.833 bits per heavy atom. The molecule has 0 bridgehead atoms. The standard InChI is InChI=1S/C22H28OSi/c1-22(2,3)24(4,5)23-21-15-14-19-11-10-17-8-6-7-9-18(17)12-13-20(19)16-21/h6-11,14-16H,12-13H2,1-5H3/b11-10-. The summed E-state index contributed by atoms with van der Waals surface area (Å²) in [5.74, 6) is 1.03. The van der Waals surface area contributed by atoms with Gasteiger partial charge in [-0.15, -0.1) is 0 Å². The van der Waals surface area contributed by atoms with E-state index in [0.29, 0.717) is 0 Å². The zero-order chi connectivity index (χ0) is 17.4. The molecule has 0 unspecified atom stereocenters. The van der Waals surface area contributed by atoms with Crippen molar-refractivity contribution < 1.29 is 4.43 Å². The topological polar surface area (TPSA) is 9.23 Å². The number of fused-ring (bicyclic) bond motifs is 2. The number of benzene rings is 2. The average molecular weight is 337 g/mol. The Kier molecular flexibility index (Phi) is 4.44. The van der Waals surface area contributed by atoms with E-state index in [4.69, 9.17) is 4.43 Å². The van der Waals surface area contributed by atoms with Gasteiger partial charge in [0.25, 0.3) is 0 Å². The van der Waals surface area contributed by atoms with Gasteiger partial charge >= 0.3 is 0 Å². The van der Waals surface area contributed by atoms with Crippen LogP contribution in [-0.2, 0) is 12.8 Å². The molecule has 2 aromatic rings. The summed E-state index contributed by atoms with van der Waals surface area (Å²) >= 11 is 0. The first kappa shape index (κ1) is 17.0. The summed E-state index contributed by atoms with van der Waals surface area (Å²) in [6, 6.07) is 15.3. The minimum atomic E-state index is -1.79. The second kappa shape index (κ2) is 6.25. The molecule has 1 aliphatic rings. The predicted octanol–water partition coefficient (Wildman–Crippen LogP) is 6.34. The molecule has 0 spiro atoms. The van der Waals surface area contributed by atoms with Crippen LogP contribution in [0.25, 0.3) is 12.2 Å². The smallest absolute Gasteiger partial charge is 0.250 e. The minimum absolute atomic E-state index is 0.218. The maximum absolute atomic E-state index is 6.49. The van der Waals surface area contributed by atoms with Crippen LogP contribution in [0.2, 0.25) is 18.1 Å². The van der Waals surface area contributed by atoms with Crippen molar-refractivity contribution in [1.29, 1.82) is 0 Å². The van der Waals surface area contributed by atoms with Gasteiger partial charge in [-0.25, -0.2) is 0 Å². The van der Waals surface area contributed by atoms with Crippen LogP contribution in [0.15, 0.2) is 42.5 Å². The average Bonchev–Trinajstić information content (AvgIpc) is 2.49. The Labute approximate surface area is 147 Å². The number of aryl methyl sites for hydroxylation is 2. The van der Waals surface area contributed by atoms with Gasteiger partial charge in [0.1, 0.15) is 5.75 Å². The summed E-state index contributed by atoms with van der Waals surface area (Å²) in [6.45, 7) is 11.5. The molecule has 0 saturated heterocycles. The molecular formula is C22H28OSi. The van der Waals surface area contributed by atoms with Crippen molar-refractivity contribution in [1.82, 2.24) is 0 Å². The van der Waals surface area contributed by atoms with Gasteiger partial charge in [0, 0.05) is 0 Å². The van der Waals surface area contributed by atoms with E-state index in [9.17, 15) is 0 Å². The molecule has 0 aliphatic heterocycles. The normalized spacial score (nSPS) is 15.7. The summed E-state index contributed by atoms with van der Waals surface area (Å²) in [6.07, 6.45) is 6.62. The fraction of sp³-hybridized carbons (Fsp3) is 0.364. The Morgan fingerprint density at radius 2 is 1.46 bits per heavy atom. The molecule has 2 heteroatoms.